The SMILES string of the molecule is C=CC(=O)N(c1ccc(C(C)C)nc1)C(C(=O)NC(C)(C)C)c1cccnc1. The van der Waals surface area contributed by atoms with Gasteiger partial charge in [-0.25, -0.2) is 0 Å². The summed E-state index contributed by atoms with van der Waals surface area (Å²) in [5.74, 6) is -0.434. The van der Waals surface area contributed by atoms with Crippen molar-refractivity contribution in [3.8, 4) is 0 Å². The van der Waals surface area contributed by atoms with Gasteiger partial charge >= 0.3 is 0 Å². The van der Waals surface area contributed by atoms with Crippen LogP contribution in [0.3, 0.4) is 0 Å². The van der Waals surface area contributed by atoms with Crippen LogP contribution < -0.4 is 10.2 Å². The lowest BCUT2D eigenvalue weighted by atomic mass is 10.0. The maximum Gasteiger partial charge on any atom is 0.251 e. The third kappa shape index (κ3) is 5.25. The van der Waals surface area contributed by atoms with Crippen molar-refractivity contribution >= 4 is 17.5 Å². The summed E-state index contributed by atoms with van der Waals surface area (Å²) in [5, 5.41) is 2.96. The van der Waals surface area contributed by atoms with E-state index >= 15 is 0 Å². The number of hydrogen-bond acceptors (Lipinski definition) is 4. The van der Waals surface area contributed by atoms with Crippen molar-refractivity contribution < 1.29 is 9.59 Å². The molecule has 2 aromatic heterocycles. The van der Waals surface area contributed by atoms with Crippen molar-refractivity contribution in [2.24, 2.45) is 0 Å². The van der Waals surface area contributed by atoms with E-state index in [0.29, 0.717) is 11.3 Å². The van der Waals surface area contributed by atoms with Crippen LogP contribution in [0.5, 0.6) is 0 Å². The highest BCUT2D eigenvalue weighted by Crippen LogP contribution is 2.29. The van der Waals surface area contributed by atoms with E-state index in [2.05, 4.69) is 21.9 Å². The fourth-order valence-corrected chi connectivity index (χ4v) is 2.78. The smallest absolute Gasteiger partial charge is 0.251 e. The molecule has 0 aliphatic heterocycles. The molecule has 0 aliphatic rings. The molecule has 6 nitrogen and oxygen atoms in total. The number of aromatic nitrogens is 2. The summed E-state index contributed by atoms with van der Waals surface area (Å²) < 4.78 is 0. The number of rotatable bonds is 6. The minimum atomic E-state index is -0.898. The van der Waals surface area contributed by atoms with Crippen LogP contribution in [0.4, 0.5) is 5.69 Å². The molecule has 148 valence electrons. The second-order valence-corrected chi connectivity index (χ2v) is 7.94. The van der Waals surface area contributed by atoms with Crippen molar-refractivity contribution in [1.82, 2.24) is 15.3 Å². The van der Waals surface area contributed by atoms with Gasteiger partial charge in [0.05, 0.1) is 11.9 Å². The van der Waals surface area contributed by atoms with Gasteiger partial charge in [-0.05, 0) is 51.0 Å². The first kappa shape index (κ1) is 21.3. The standard InChI is InChI=1S/C22H28N4O2/c1-7-19(27)26(17-10-11-18(15(2)3)24-14-17)20(16-9-8-12-23-13-16)21(28)25-22(4,5)6/h7-15,20H,1H2,2-6H3,(H,25,28). The Balaban J connectivity index is 2.57. The second kappa shape index (κ2) is 8.78. The highest BCUT2D eigenvalue weighted by Gasteiger charge is 2.33. The zero-order valence-corrected chi connectivity index (χ0v) is 17.1. The Hall–Kier alpha value is -3.02. The molecule has 1 unspecified atom stereocenters. The van der Waals surface area contributed by atoms with E-state index in [9.17, 15) is 9.59 Å². The van der Waals surface area contributed by atoms with Crippen molar-refractivity contribution in [1.29, 1.82) is 0 Å². The third-order valence-corrected chi connectivity index (χ3v) is 4.06. The van der Waals surface area contributed by atoms with Gasteiger partial charge in [-0.1, -0.05) is 26.5 Å². The molecule has 0 saturated heterocycles. The molecule has 0 bridgehead atoms. The number of nitrogens with zero attached hydrogens (tertiary/aromatic N) is 3. The number of carbonyl (C=O) groups excluding carboxylic acids is 2. The lowest BCUT2D eigenvalue weighted by molar-refractivity contribution is -0.126. The highest BCUT2D eigenvalue weighted by atomic mass is 16.2. The molecule has 0 radical (unpaired) electrons. The molecule has 2 aromatic rings. The molecular weight excluding hydrogens is 352 g/mol. The maximum absolute atomic E-state index is 13.2. The van der Waals surface area contributed by atoms with Gasteiger partial charge in [0.2, 0.25) is 5.91 Å². The first-order valence-electron chi connectivity index (χ1n) is 9.27. The molecule has 0 saturated carbocycles. The normalized spacial score (nSPS) is 12.4. The number of amides is 2. The molecule has 0 fully saturated rings. The Bertz CT molecular complexity index is 824. The van der Waals surface area contributed by atoms with Crippen LogP contribution in [0.2, 0.25) is 0 Å². The monoisotopic (exact) mass is 380 g/mol. The van der Waals surface area contributed by atoms with Gasteiger partial charge in [0.1, 0.15) is 6.04 Å². The van der Waals surface area contributed by atoms with Gasteiger partial charge in [-0.3, -0.25) is 24.5 Å². The molecule has 28 heavy (non-hydrogen) atoms. The quantitative estimate of drug-likeness (QED) is 0.774. The molecule has 2 heterocycles. The summed E-state index contributed by atoms with van der Waals surface area (Å²) in [4.78, 5) is 36.0. The summed E-state index contributed by atoms with van der Waals surface area (Å²) in [5.41, 5.74) is 1.58. The van der Waals surface area contributed by atoms with E-state index in [-0.39, 0.29) is 11.8 Å². The van der Waals surface area contributed by atoms with Crippen molar-refractivity contribution in [2.45, 2.75) is 52.1 Å². The van der Waals surface area contributed by atoms with E-state index in [1.54, 1.807) is 36.8 Å². The Labute approximate surface area is 166 Å². The molecular formula is C22H28N4O2. The molecule has 1 N–H and O–H groups in total. The van der Waals surface area contributed by atoms with Crippen molar-refractivity contribution in [3.63, 3.8) is 0 Å². The van der Waals surface area contributed by atoms with E-state index in [4.69, 9.17) is 0 Å². The third-order valence-electron chi connectivity index (χ3n) is 4.06. The first-order chi connectivity index (χ1) is 13.1. The van der Waals surface area contributed by atoms with Crippen LogP contribution >= 0.6 is 0 Å². The molecule has 0 spiro atoms. The summed E-state index contributed by atoms with van der Waals surface area (Å²) in [7, 11) is 0. The summed E-state index contributed by atoms with van der Waals surface area (Å²) in [6.45, 7) is 13.4. The van der Waals surface area contributed by atoms with Gasteiger partial charge in [-0.15, -0.1) is 0 Å². The number of anilines is 1. The van der Waals surface area contributed by atoms with Crippen molar-refractivity contribution in [2.75, 3.05) is 4.90 Å². The van der Waals surface area contributed by atoms with E-state index < -0.39 is 17.5 Å². The molecule has 6 heteroatoms. The molecule has 0 aliphatic carbocycles. The minimum absolute atomic E-state index is 0.260. The van der Waals surface area contributed by atoms with Crippen LogP contribution in [0.15, 0.2) is 55.5 Å². The summed E-state index contributed by atoms with van der Waals surface area (Å²) in [6, 6.07) is 6.29. The fourth-order valence-electron chi connectivity index (χ4n) is 2.78. The van der Waals surface area contributed by atoms with Crippen molar-refractivity contribution in [3.05, 3.63) is 66.8 Å². The van der Waals surface area contributed by atoms with E-state index in [1.807, 2.05) is 40.7 Å². The van der Waals surface area contributed by atoms with Gasteiger partial charge in [0, 0.05) is 29.2 Å². The topological polar surface area (TPSA) is 75.2 Å². The van der Waals surface area contributed by atoms with Gasteiger partial charge in [0.15, 0.2) is 0 Å². The lowest BCUT2D eigenvalue weighted by Crippen LogP contribution is -2.49. The average molecular weight is 380 g/mol. The van der Waals surface area contributed by atoms with Gasteiger partial charge in [0.25, 0.3) is 5.91 Å². The first-order valence-corrected chi connectivity index (χ1v) is 9.27. The fraction of sp³-hybridized carbons (Fsp3) is 0.364. The van der Waals surface area contributed by atoms with Crippen LogP contribution in [-0.2, 0) is 9.59 Å². The summed E-state index contributed by atoms with van der Waals surface area (Å²) in [6.07, 6.45) is 6.03. The Morgan fingerprint density at radius 3 is 2.36 bits per heavy atom. The largest absolute Gasteiger partial charge is 0.349 e. The zero-order valence-electron chi connectivity index (χ0n) is 17.1. The molecule has 1 atom stereocenters. The highest BCUT2D eigenvalue weighted by molar-refractivity contribution is 6.06. The van der Waals surface area contributed by atoms with E-state index in [0.717, 1.165) is 5.69 Å². The van der Waals surface area contributed by atoms with Crippen LogP contribution in [0.1, 0.15) is 57.8 Å². The van der Waals surface area contributed by atoms with Gasteiger partial charge < -0.3 is 5.32 Å². The Kier molecular flexibility index (Phi) is 6.67. The molecule has 2 amide bonds. The number of carbonyl (C=O) groups is 2. The minimum Gasteiger partial charge on any atom is -0.349 e. The zero-order chi connectivity index (χ0) is 20.9. The second-order valence-electron chi connectivity index (χ2n) is 7.94. The van der Waals surface area contributed by atoms with Crippen LogP contribution in [-0.4, -0.2) is 27.3 Å². The predicted octanol–water partition coefficient (Wildman–Crippen LogP) is 3.78. The van der Waals surface area contributed by atoms with Gasteiger partial charge in [-0.2, -0.15) is 0 Å². The maximum atomic E-state index is 13.2. The van der Waals surface area contributed by atoms with E-state index in [1.165, 1.54) is 11.0 Å². The Morgan fingerprint density at radius 1 is 1.18 bits per heavy atom. The number of pyridine rings is 2. The lowest BCUT2D eigenvalue weighted by Gasteiger charge is -2.32. The van der Waals surface area contributed by atoms with Crippen LogP contribution in [0, 0.1) is 0 Å². The molecule has 0 aromatic carbocycles. The average Bonchev–Trinajstić information content (AvgIpc) is 2.64. The predicted molar refractivity (Wildman–Crippen MR) is 111 cm³/mol. The molecule has 2 rings (SSSR count). The number of nitrogens with one attached hydrogen (secondary N) is 1. The number of hydrogen-bond donors (Lipinski definition) is 1. The summed E-state index contributed by atoms with van der Waals surface area (Å²) >= 11 is 0. The van der Waals surface area contributed by atoms with Crippen LogP contribution in [0.25, 0.3) is 0 Å². The Morgan fingerprint density at radius 2 is 1.89 bits per heavy atom.